The standard InChI is InChI=1S/C16H13FN2O3/c1-10(20)11-4-2-6-13(8-11)18-15(21)16(22)19-14-7-3-5-12(17)9-14/h2-9H,1H3,(H,18,21)(H,19,22). The van der Waals surface area contributed by atoms with Gasteiger partial charge in [-0.15, -0.1) is 0 Å². The Kier molecular flexibility index (Phi) is 4.63. The molecule has 0 aromatic heterocycles. The number of nitrogens with one attached hydrogen (secondary N) is 2. The van der Waals surface area contributed by atoms with Crippen LogP contribution in [0.2, 0.25) is 0 Å². The van der Waals surface area contributed by atoms with Crippen LogP contribution < -0.4 is 10.6 Å². The largest absolute Gasteiger partial charge is 0.318 e. The number of amides is 2. The van der Waals surface area contributed by atoms with E-state index in [1.807, 2.05) is 0 Å². The number of carbonyl (C=O) groups is 3. The van der Waals surface area contributed by atoms with Gasteiger partial charge in [0.1, 0.15) is 5.82 Å². The first-order chi connectivity index (χ1) is 10.5. The van der Waals surface area contributed by atoms with Crippen molar-refractivity contribution in [2.45, 2.75) is 6.92 Å². The van der Waals surface area contributed by atoms with Gasteiger partial charge in [0, 0.05) is 16.9 Å². The Balaban J connectivity index is 2.04. The SMILES string of the molecule is CC(=O)c1cccc(NC(=O)C(=O)Nc2cccc(F)c2)c1. The van der Waals surface area contributed by atoms with Crippen molar-refractivity contribution in [3.05, 3.63) is 59.9 Å². The molecule has 0 heterocycles. The van der Waals surface area contributed by atoms with Gasteiger partial charge in [-0.3, -0.25) is 14.4 Å². The summed E-state index contributed by atoms with van der Waals surface area (Å²) < 4.78 is 13.0. The summed E-state index contributed by atoms with van der Waals surface area (Å²) in [4.78, 5) is 34.8. The lowest BCUT2D eigenvalue weighted by Gasteiger charge is -2.07. The van der Waals surface area contributed by atoms with Crippen LogP contribution in [0.25, 0.3) is 0 Å². The number of Topliss-reactive ketones (excluding diaryl/α,β-unsaturated/α-hetero) is 1. The summed E-state index contributed by atoms with van der Waals surface area (Å²) in [5.41, 5.74) is 0.924. The van der Waals surface area contributed by atoms with Gasteiger partial charge < -0.3 is 10.6 Å². The van der Waals surface area contributed by atoms with Crippen LogP contribution in [0.3, 0.4) is 0 Å². The third kappa shape index (κ3) is 3.99. The van der Waals surface area contributed by atoms with Crippen LogP contribution in [0.5, 0.6) is 0 Å². The minimum Gasteiger partial charge on any atom is -0.318 e. The Morgan fingerprint density at radius 1 is 0.864 bits per heavy atom. The Labute approximate surface area is 126 Å². The Bertz CT molecular complexity index is 744. The number of halogens is 1. The number of carbonyl (C=O) groups excluding carboxylic acids is 3. The highest BCUT2D eigenvalue weighted by atomic mass is 19.1. The van der Waals surface area contributed by atoms with E-state index in [0.717, 1.165) is 6.07 Å². The van der Waals surface area contributed by atoms with Gasteiger partial charge in [0.15, 0.2) is 5.78 Å². The lowest BCUT2D eigenvalue weighted by molar-refractivity contribution is -0.133. The minimum atomic E-state index is -0.932. The zero-order valence-electron chi connectivity index (χ0n) is 11.7. The summed E-state index contributed by atoms with van der Waals surface area (Å²) >= 11 is 0. The number of ketones is 1. The topological polar surface area (TPSA) is 75.3 Å². The zero-order chi connectivity index (χ0) is 16.1. The van der Waals surface area contributed by atoms with Crippen molar-refractivity contribution in [1.82, 2.24) is 0 Å². The van der Waals surface area contributed by atoms with E-state index >= 15 is 0 Å². The van der Waals surface area contributed by atoms with E-state index in [2.05, 4.69) is 10.6 Å². The van der Waals surface area contributed by atoms with E-state index in [0.29, 0.717) is 11.3 Å². The van der Waals surface area contributed by atoms with Gasteiger partial charge >= 0.3 is 11.8 Å². The highest BCUT2D eigenvalue weighted by molar-refractivity contribution is 6.43. The predicted molar refractivity (Wildman–Crippen MR) is 80.1 cm³/mol. The molecule has 0 aliphatic rings. The average Bonchev–Trinajstić information content (AvgIpc) is 2.47. The number of anilines is 2. The van der Waals surface area contributed by atoms with Gasteiger partial charge in [0.25, 0.3) is 0 Å². The summed E-state index contributed by atoms with van der Waals surface area (Å²) in [6.07, 6.45) is 0. The first kappa shape index (κ1) is 15.4. The van der Waals surface area contributed by atoms with Crippen LogP contribution >= 0.6 is 0 Å². The summed E-state index contributed by atoms with van der Waals surface area (Å²) in [5.74, 6) is -2.52. The molecule has 0 aliphatic carbocycles. The average molecular weight is 300 g/mol. The van der Waals surface area contributed by atoms with Crippen LogP contribution in [-0.2, 0) is 9.59 Å². The molecule has 112 valence electrons. The molecule has 5 nitrogen and oxygen atoms in total. The fourth-order valence-corrected chi connectivity index (χ4v) is 1.76. The molecule has 2 rings (SSSR count). The van der Waals surface area contributed by atoms with Crippen molar-refractivity contribution in [2.75, 3.05) is 10.6 Å². The quantitative estimate of drug-likeness (QED) is 0.676. The molecule has 0 bridgehead atoms. The fraction of sp³-hybridized carbons (Fsp3) is 0.0625. The number of benzene rings is 2. The minimum absolute atomic E-state index is 0.152. The molecule has 0 radical (unpaired) electrons. The number of hydrogen-bond donors (Lipinski definition) is 2. The summed E-state index contributed by atoms with van der Waals surface area (Å²) in [5, 5.41) is 4.66. The lowest BCUT2D eigenvalue weighted by atomic mass is 10.1. The maximum atomic E-state index is 13.0. The highest BCUT2D eigenvalue weighted by Gasteiger charge is 2.14. The van der Waals surface area contributed by atoms with Crippen molar-refractivity contribution >= 4 is 29.0 Å². The molecule has 2 aromatic carbocycles. The Hall–Kier alpha value is -3.02. The molecule has 6 heteroatoms. The normalized spacial score (nSPS) is 9.91. The Morgan fingerprint density at radius 3 is 1.95 bits per heavy atom. The van der Waals surface area contributed by atoms with E-state index in [4.69, 9.17) is 0 Å². The molecule has 0 saturated heterocycles. The highest BCUT2D eigenvalue weighted by Crippen LogP contribution is 2.12. The molecule has 22 heavy (non-hydrogen) atoms. The number of hydrogen-bond acceptors (Lipinski definition) is 3. The van der Waals surface area contributed by atoms with Crippen molar-refractivity contribution in [3.8, 4) is 0 Å². The molecular formula is C16H13FN2O3. The molecule has 2 amide bonds. The summed E-state index contributed by atoms with van der Waals surface area (Å²) in [6.45, 7) is 1.40. The van der Waals surface area contributed by atoms with Gasteiger partial charge in [-0.25, -0.2) is 4.39 Å². The van der Waals surface area contributed by atoms with E-state index in [-0.39, 0.29) is 11.5 Å². The van der Waals surface area contributed by atoms with E-state index in [1.165, 1.54) is 31.2 Å². The molecular weight excluding hydrogens is 287 g/mol. The summed E-state index contributed by atoms with van der Waals surface area (Å²) in [6, 6.07) is 11.4. The maximum absolute atomic E-state index is 13.0. The van der Waals surface area contributed by atoms with Gasteiger partial charge in [0.05, 0.1) is 0 Å². The van der Waals surface area contributed by atoms with E-state index in [9.17, 15) is 18.8 Å². The third-order valence-electron chi connectivity index (χ3n) is 2.82. The lowest BCUT2D eigenvalue weighted by Crippen LogP contribution is -2.29. The van der Waals surface area contributed by atoms with Crippen LogP contribution in [0.1, 0.15) is 17.3 Å². The van der Waals surface area contributed by atoms with Crippen molar-refractivity contribution in [3.63, 3.8) is 0 Å². The van der Waals surface area contributed by atoms with Crippen LogP contribution in [0, 0.1) is 5.82 Å². The number of rotatable bonds is 3. The van der Waals surface area contributed by atoms with Gasteiger partial charge in [-0.2, -0.15) is 0 Å². The zero-order valence-corrected chi connectivity index (χ0v) is 11.7. The molecule has 0 saturated carbocycles. The predicted octanol–water partition coefficient (Wildman–Crippen LogP) is 2.61. The van der Waals surface area contributed by atoms with Crippen molar-refractivity contribution in [1.29, 1.82) is 0 Å². The summed E-state index contributed by atoms with van der Waals surface area (Å²) in [7, 11) is 0. The Morgan fingerprint density at radius 2 is 1.41 bits per heavy atom. The van der Waals surface area contributed by atoms with Gasteiger partial charge in [0.2, 0.25) is 0 Å². The van der Waals surface area contributed by atoms with Crippen molar-refractivity contribution < 1.29 is 18.8 Å². The molecule has 0 fully saturated rings. The smallest absolute Gasteiger partial charge is 0.314 e. The third-order valence-corrected chi connectivity index (χ3v) is 2.82. The molecule has 0 atom stereocenters. The molecule has 0 aliphatic heterocycles. The van der Waals surface area contributed by atoms with E-state index < -0.39 is 17.6 Å². The second-order valence-corrected chi connectivity index (χ2v) is 4.56. The second kappa shape index (κ2) is 6.62. The molecule has 0 unspecified atom stereocenters. The van der Waals surface area contributed by atoms with Crippen LogP contribution in [-0.4, -0.2) is 17.6 Å². The fourth-order valence-electron chi connectivity index (χ4n) is 1.76. The molecule has 0 spiro atoms. The van der Waals surface area contributed by atoms with Crippen molar-refractivity contribution in [2.24, 2.45) is 0 Å². The molecule has 2 aromatic rings. The van der Waals surface area contributed by atoms with Crippen LogP contribution in [0.4, 0.5) is 15.8 Å². The van der Waals surface area contributed by atoms with Gasteiger partial charge in [-0.05, 0) is 37.3 Å². The first-order valence-corrected chi connectivity index (χ1v) is 6.44. The first-order valence-electron chi connectivity index (χ1n) is 6.44. The maximum Gasteiger partial charge on any atom is 0.314 e. The monoisotopic (exact) mass is 300 g/mol. The molecule has 2 N–H and O–H groups in total. The van der Waals surface area contributed by atoms with Gasteiger partial charge in [-0.1, -0.05) is 18.2 Å². The second-order valence-electron chi connectivity index (χ2n) is 4.56. The van der Waals surface area contributed by atoms with E-state index in [1.54, 1.807) is 18.2 Å². The van der Waals surface area contributed by atoms with Crippen LogP contribution in [0.15, 0.2) is 48.5 Å².